The summed E-state index contributed by atoms with van der Waals surface area (Å²) in [6.45, 7) is 1.62. The number of hydrogen-bond acceptors (Lipinski definition) is 8. The number of anilines is 1. The van der Waals surface area contributed by atoms with Gasteiger partial charge in [0.1, 0.15) is 17.8 Å². The van der Waals surface area contributed by atoms with Crippen LogP contribution in [0.5, 0.6) is 11.5 Å². The Bertz CT molecular complexity index is 1380. The van der Waals surface area contributed by atoms with E-state index >= 15 is 0 Å². The third-order valence-electron chi connectivity index (χ3n) is 4.46. The minimum Gasteiger partial charge on any atom is -0.456 e. The first-order valence-corrected chi connectivity index (χ1v) is 11.5. The molecule has 0 saturated carbocycles. The molecule has 0 aliphatic rings. The monoisotopic (exact) mass is 493 g/mol. The molecule has 0 amide bonds. The van der Waals surface area contributed by atoms with E-state index in [4.69, 9.17) is 4.74 Å². The van der Waals surface area contributed by atoms with E-state index in [-0.39, 0.29) is 27.1 Å². The van der Waals surface area contributed by atoms with E-state index < -0.39 is 21.8 Å². The Hall–Kier alpha value is -3.58. The lowest BCUT2D eigenvalue weighted by Gasteiger charge is -2.16. The number of halogens is 3. The summed E-state index contributed by atoms with van der Waals surface area (Å²) in [6.07, 6.45) is -0.635. The largest absolute Gasteiger partial charge is 0.456 e. The van der Waals surface area contributed by atoms with Crippen molar-refractivity contribution in [3.05, 3.63) is 72.3 Å². The second kappa shape index (κ2) is 8.75. The third-order valence-corrected chi connectivity index (χ3v) is 6.51. The van der Waals surface area contributed by atoms with Crippen LogP contribution in [0.25, 0.3) is 11.1 Å². The van der Waals surface area contributed by atoms with E-state index in [0.29, 0.717) is 11.1 Å². The summed E-state index contributed by atoms with van der Waals surface area (Å²) in [5.74, 6) is 0.412. The number of nitrogens with zero attached hydrogens (tertiary/aromatic N) is 4. The molecule has 0 atom stereocenters. The Morgan fingerprint density at radius 3 is 2.45 bits per heavy atom. The smallest absolute Gasteiger partial charge is 0.416 e. The van der Waals surface area contributed by atoms with E-state index in [2.05, 4.69) is 24.3 Å². The van der Waals surface area contributed by atoms with Gasteiger partial charge in [0.05, 0.1) is 22.9 Å². The zero-order chi connectivity index (χ0) is 23.6. The summed E-state index contributed by atoms with van der Waals surface area (Å²) >= 11 is 0.890. The summed E-state index contributed by atoms with van der Waals surface area (Å²) in [5.41, 5.74) is 0.148. The lowest BCUT2D eigenvalue weighted by molar-refractivity contribution is -0.137. The lowest BCUT2D eigenvalue weighted by Crippen LogP contribution is -2.13. The fraction of sp³-hybridized carbons (Fsp3) is 0.100. The maximum atomic E-state index is 13.3. The zero-order valence-electron chi connectivity index (χ0n) is 16.7. The van der Waals surface area contributed by atoms with Crippen molar-refractivity contribution in [2.75, 3.05) is 4.72 Å². The van der Waals surface area contributed by atoms with Crippen molar-refractivity contribution in [1.29, 1.82) is 0 Å². The molecule has 0 spiro atoms. The van der Waals surface area contributed by atoms with E-state index in [1.807, 2.05) is 0 Å². The van der Waals surface area contributed by atoms with Gasteiger partial charge in [-0.3, -0.25) is 4.72 Å². The van der Waals surface area contributed by atoms with Crippen LogP contribution in [0.2, 0.25) is 0 Å². The number of aromatic nitrogens is 4. The van der Waals surface area contributed by atoms with Gasteiger partial charge in [0, 0.05) is 22.7 Å². The molecule has 0 aliphatic heterocycles. The summed E-state index contributed by atoms with van der Waals surface area (Å²) in [7, 11) is -3.91. The van der Waals surface area contributed by atoms with Crippen molar-refractivity contribution >= 4 is 26.7 Å². The molecule has 4 rings (SSSR count). The molecular weight excluding hydrogens is 479 g/mol. The highest BCUT2D eigenvalue weighted by Gasteiger charge is 2.31. The average molecular weight is 493 g/mol. The van der Waals surface area contributed by atoms with Gasteiger partial charge >= 0.3 is 6.18 Å². The van der Waals surface area contributed by atoms with Gasteiger partial charge in [-0.1, -0.05) is 0 Å². The van der Waals surface area contributed by atoms with E-state index in [9.17, 15) is 21.6 Å². The van der Waals surface area contributed by atoms with Crippen molar-refractivity contribution in [2.45, 2.75) is 18.0 Å². The van der Waals surface area contributed by atoms with Crippen LogP contribution >= 0.6 is 11.5 Å². The fourth-order valence-electron chi connectivity index (χ4n) is 2.88. The molecule has 0 bridgehead atoms. The molecule has 13 heteroatoms. The number of sulfonamides is 1. The molecule has 2 heterocycles. The molecule has 0 fully saturated rings. The molecule has 2 aromatic carbocycles. The lowest BCUT2D eigenvalue weighted by atomic mass is 10.0. The number of nitrogens with one attached hydrogen (secondary N) is 1. The molecule has 0 unspecified atom stereocenters. The molecule has 170 valence electrons. The zero-order valence-corrected chi connectivity index (χ0v) is 18.4. The molecule has 33 heavy (non-hydrogen) atoms. The predicted molar refractivity (Wildman–Crippen MR) is 114 cm³/mol. The number of alkyl halides is 3. The minimum atomic E-state index is -4.54. The molecule has 4 aromatic rings. The van der Waals surface area contributed by atoms with Crippen LogP contribution in [0.15, 0.2) is 66.1 Å². The van der Waals surface area contributed by atoms with Crippen molar-refractivity contribution in [3.8, 4) is 22.6 Å². The maximum absolute atomic E-state index is 13.3. The van der Waals surface area contributed by atoms with Gasteiger partial charge in [0.2, 0.25) is 5.13 Å². The van der Waals surface area contributed by atoms with E-state index in [1.54, 1.807) is 6.92 Å². The quantitative estimate of drug-likeness (QED) is 0.406. The second-order valence-corrected chi connectivity index (χ2v) is 9.18. The van der Waals surface area contributed by atoms with Crippen LogP contribution in [0, 0.1) is 6.92 Å². The number of ether oxygens (including phenoxy) is 1. The minimum absolute atomic E-state index is 0.0338. The highest BCUT2D eigenvalue weighted by Crippen LogP contribution is 2.39. The van der Waals surface area contributed by atoms with Gasteiger partial charge in [-0.25, -0.2) is 13.4 Å². The molecule has 0 saturated heterocycles. The van der Waals surface area contributed by atoms with Gasteiger partial charge in [-0.2, -0.15) is 27.7 Å². The highest BCUT2D eigenvalue weighted by molar-refractivity contribution is 7.93. The van der Waals surface area contributed by atoms with Gasteiger partial charge in [-0.05, 0) is 55.0 Å². The number of rotatable bonds is 6. The van der Waals surface area contributed by atoms with Crippen molar-refractivity contribution < 1.29 is 26.3 Å². The van der Waals surface area contributed by atoms with Crippen molar-refractivity contribution in [1.82, 2.24) is 19.6 Å². The Balaban J connectivity index is 1.68. The summed E-state index contributed by atoms with van der Waals surface area (Å²) < 4.78 is 76.8. The third kappa shape index (κ3) is 5.09. The van der Waals surface area contributed by atoms with Crippen LogP contribution in [-0.4, -0.2) is 28.0 Å². The predicted octanol–water partition coefficient (Wildman–Crippen LogP) is 4.92. The first kappa shape index (κ1) is 22.6. The molecule has 1 N–H and O–H groups in total. The molecule has 0 aliphatic carbocycles. The Morgan fingerprint density at radius 1 is 1.03 bits per heavy atom. The average Bonchev–Trinajstić information content (AvgIpc) is 3.27. The first-order valence-electron chi connectivity index (χ1n) is 9.20. The second-order valence-electron chi connectivity index (χ2n) is 6.72. The van der Waals surface area contributed by atoms with Gasteiger partial charge < -0.3 is 4.74 Å². The van der Waals surface area contributed by atoms with Gasteiger partial charge in [0.25, 0.3) is 10.0 Å². The molecule has 0 radical (unpaired) electrons. The maximum Gasteiger partial charge on any atom is 0.416 e. The highest BCUT2D eigenvalue weighted by atomic mass is 32.2. The Kier molecular flexibility index (Phi) is 5.99. The normalized spacial score (nSPS) is 11.9. The topological polar surface area (TPSA) is 107 Å². The van der Waals surface area contributed by atoms with Gasteiger partial charge in [-0.15, -0.1) is 0 Å². The molecule has 2 aromatic heterocycles. The van der Waals surface area contributed by atoms with Crippen LogP contribution in [-0.2, 0) is 16.2 Å². The summed E-state index contributed by atoms with van der Waals surface area (Å²) in [5, 5.41) is 7.48. The summed E-state index contributed by atoms with van der Waals surface area (Å²) in [6, 6.07) is 8.73. The fourth-order valence-corrected chi connectivity index (χ4v) is 4.63. The SMILES string of the molecule is Cc1cc(S(=O)(=O)Nc2ncns2)ccc1Oc1ccc(C(F)(F)F)cc1-c1ccnnc1. The van der Waals surface area contributed by atoms with E-state index in [0.717, 1.165) is 23.7 Å². The van der Waals surface area contributed by atoms with Crippen molar-refractivity contribution in [2.24, 2.45) is 0 Å². The van der Waals surface area contributed by atoms with Crippen LogP contribution in [0.3, 0.4) is 0 Å². The Morgan fingerprint density at radius 2 is 1.82 bits per heavy atom. The van der Waals surface area contributed by atoms with Crippen LogP contribution in [0.4, 0.5) is 18.3 Å². The number of aryl methyl sites for hydroxylation is 1. The van der Waals surface area contributed by atoms with E-state index in [1.165, 1.54) is 49.1 Å². The van der Waals surface area contributed by atoms with Crippen LogP contribution < -0.4 is 9.46 Å². The van der Waals surface area contributed by atoms with Gasteiger partial charge in [0.15, 0.2) is 0 Å². The summed E-state index contributed by atoms with van der Waals surface area (Å²) in [4.78, 5) is 3.75. The number of hydrogen-bond donors (Lipinski definition) is 1. The van der Waals surface area contributed by atoms with Crippen molar-refractivity contribution in [3.63, 3.8) is 0 Å². The first-order chi connectivity index (χ1) is 15.6. The van der Waals surface area contributed by atoms with Crippen LogP contribution in [0.1, 0.15) is 11.1 Å². The molecule has 8 nitrogen and oxygen atoms in total. The Labute approximate surface area is 190 Å². The number of benzene rings is 2. The molecular formula is C20H14F3N5O3S2. The standard InChI is InChI=1S/C20H14F3N5O3S2/c1-12-8-15(33(29,30)28-19-24-11-27-32-19)3-5-17(12)31-18-4-2-14(20(21,22)23)9-16(18)13-6-7-25-26-10-13/h2-11H,1H3,(H,24,27,28).